The fourth-order valence-electron chi connectivity index (χ4n) is 2.56. The maximum atomic E-state index is 13.1. The van der Waals surface area contributed by atoms with Crippen molar-refractivity contribution >= 4 is 21.9 Å². The molecular weight excluding hydrogens is 293 g/mol. The molecule has 0 fully saturated rings. The molecule has 2 aromatic heterocycles. The maximum Gasteiger partial charge on any atom is 0.416 e. The van der Waals surface area contributed by atoms with Gasteiger partial charge in [0.15, 0.2) is 0 Å². The van der Waals surface area contributed by atoms with Gasteiger partial charge in [0.1, 0.15) is 0 Å². The number of alkyl halides is 3. The summed E-state index contributed by atoms with van der Waals surface area (Å²) in [6.45, 7) is 0. The molecule has 7 heteroatoms. The lowest BCUT2D eigenvalue weighted by Gasteiger charge is -2.10. The molecule has 4 rings (SSSR count). The number of fused-ring (bicyclic) bond motifs is 2. The zero-order valence-electron chi connectivity index (χ0n) is 11.1. The summed E-state index contributed by atoms with van der Waals surface area (Å²) in [5.41, 5.74) is 2.34. The maximum absolute atomic E-state index is 13.1. The number of hydrogen-bond donors (Lipinski definition) is 2. The van der Waals surface area contributed by atoms with E-state index < -0.39 is 11.7 Å². The van der Waals surface area contributed by atoms with Crippen molar-refractivity contribution in [3.8, 4) is 11.1 Å². The van der Waals surface area contributed by atoms with Crippen LogP contribution in [-0.4, -0.2) is 20.2 Å². The Morgan fingerprint density at radius 1 is 1.00 bits per heavy atom. The van der Waals surface area contributed by atoms with Gasteiger partial charge in [-0.1, -0.05) is 6.07 Å². The number of benzene rings is 2. The number of nitrogens with zero attached hydrogens (tertiary/aromatic N) is 2. The van der Waals surface area contributed by atoms with Crippen LogP contribution in [0.1, 0.15) is 5.56 Å². The van der Waals surface area contributed by atoms with Crippen molar-refractivity contribution in [1.29, 1.82) is 0 Å². The van der Waals surface area contributed by atoms with Gasteiger partial charge in [-0.15, -0.1) is 0 Å². The molecular formula is C15H9F3N4. The van der Waals surface area contributed by atoms with E-state index in [9.17, 15) is 13.2 Å². The van der Waals surface area contributed by atoms with Crippen LogP contribution in [-0.2, 0) is 6.18 Å². The molecule has 4 nitrogen and oxygen atoms in total. The lowest BCUT2D eigenvalue weighted by Crippen LogP contribution is -2.05. The van der Waals surface area contributed by atoms with Crippen LogP contribution in [0.25, 0.3) is 33.1 Å². The standard InChI is InChI=1S/C15H9F3N4/c16-15(17,18)9-4-10(11-6-21-22-13(11)5-9)8-1-2-12-14(3-8)20-7-19-12/h1-7H,(H,19,20)(H,21,22). The molecule has 22 heavy (non-hydrogen) atoms. The predicted molar refractivity (Wildman–Crippen MR) is 76.2 cm³/mol. The van der Waals surface area contributed by atoms with E-state index in [0.717, 1.165) is 23.2 Å². The summed E-state index contributed by atoms with van der Waals surface area (Å²) in [4.78, 5) is 7.07. The van der Waals surface area contributed by atoms with Crippen LogP contribution in [0, 0.1) is 0 Å². The van der Waals surface area contributed by atoms with E-state index in [1.165, 1.54) is 6.20 Å². The molecule has 0 saturated heterocycles. The number of hydrogen-bond acceptors (Lipinski definition) is 2. The number of nitrogens with one attached hydrogen (secondary N) is 2. The minimum Gasteiger partial charge on any atom is -0.345 e. The summed E-state index contributed by atoms with van der Waals surface area (Å²) < 4.78 is 39.2. The van der Waals surface area contributed by atoms with E-state index in [2.05, 4.69) is 20.2 Å². The van der Waals surface area contributed by atoms with Gasteiger partial charge in [-0.05, 0) is 35.4 Å². The van der Waals surface area contributed by atoms with Crippen molar-refractivity contribution in [2.45, 2.75) is 6.18 Å². The van der Waals surface area contributed by atoms with Crippen LogP contribution in [0.4, 0.5) is 13.2 Å². The first-order valence-corrected chi connectivity index (χ1v) is 6.50. The van der Waals surface area contributed by atoms with Crippen LogP contribution < -0.4 is 0 Å². The molecule has 0 aliphatic carbocycles. The van der Waals surface area contributed by atoms with E-state index in [1.54, 1.807) is 24.5 Å². The highest BCUT2D eigenvalue weighted by molar-refractivity contribution is 5.96. The van der Waals surface area contributed by atoms with E-state index in [4.69, 9.17) is 0 Å². The Hall–Kier alpha value is -2.83. The number of halogens is 3. The second-order valence-electron chi connectivity index (χ2n) is 4.99. The van der Waals surface area contributed by atoms with Gasteiger partial charge in [0.05, 0.1) is 34.6 Å². The fraction of sp³-hybridized carbons (Fsp3) is 0.0667. The first kappa shape index (κ1) is 12.9. The summed E-state index contributed by atoms with van der Waals surface area (Å²) >= 11 is 0. The Morgan fingerprint density at radius 3 is 2.68 bits per heavy atom. The number of aromatic amines is 2. The molecule has 0 saturated carbocycles. The van der Waals surface area contributed by atoms with Gasteiger partial charge in [-0.2, -0.15) is 18.3 Å². The summed E-state index contributed by atoms with van der Waals surface area (Å²) in [6.07, 6.45) is -1.33. The highest BCUT2D eigenvalue weighted by Gasteiger charge is 2.31. The SMILES string of the molecule is FC(F)(F)c1cc(-c2ccc3nc[nH]c3c2)c2cn[nH]c2c1. The predicted octanol–water partition coefficient (Wildman–Crippen LogP) is 4.13. The zero-order chi connectivity index (χ0) is 15.3. The third-order valence-electron chi connectivity index (χ3n) is 3.62. The first-order chi connectivity index (χ1) is 10.5. The molecule has 4 aromatic rings. The van der Waals surface area contributed by atoms with E-state index in [-0.39, 0.29) is 0 Å². The molecule has 2 N–H and O–H groups in total. The van der Waals surface area contributed by atoms with Crippen LogP contribution >= 0.6 is 0 Å². The first-order valence-electron chi connectivity index (χ1n) is 6.50. The van der Waals surface area contributed by atoms with Crippen molar-refractivity contribution in [2.75, 3.05) is 0 Å². The molecule has 0 amide bonds. The normalized spacial score (nSPS) is 12.3. The largest absolute Gasteiger partial charge is 0.416 e. The van der Waals surface area contributed by atoms with Crippen molar-refractivity contribution in [3.63, 3.8) is 0 Å². The van der Waals surface area contributed by atoms with Gasteiger partial charge in [-0.25, -0.2) is 4.98 Å². The van der Waals surface area contributed by atoms with Gasteiger partial charge in [0.25, 0.3) is 0 Å². The third kappa shape index (κ3) is 1.93. The molecule has 2 heterocycles. The molecule has 0 aliphatic rings. The zero-order valence-corrected chi connectivity index (χ0v) is 11.1. The quantitative estimate of drug-likeness (QED) is 0.555. The van der Waals surface area contributed by atoms with Crippen LogP contribution in [0.3, 0.4) is 0 Å². The number of rotatable bonds is 1. The monoisotopic (exact) mass is 302 g/mol. The van der Waals surface area contributed by atoms with Crippen molar-refractivity contribution in [1.82, 2.24) is 20.2 Å². The number of H-pyrrole nitrogens is 2. The molecule has 0 spiro atoms. The molecule has 0 unspecified atom stereocenters. The second-order valence-corrected chi connectivity index (χ2v) is 4.99. The van der Waals surface area contributed by atoms with Gasteiger partial charge < -0.3 is 4.98 Å². The van der Waals surface area contributed by atoms with Crippen LogP contribution in [0.15, 0.2) is 42.9 Å². The third-order valence-corrected chi connectivity index (χ3v) is 3.62. The molecule has 0 aliphatic heterocycles. The minimum absolute atomic E-state index is 0.356. The molecule has 110 valence electrons. The Labute approximate surface area is 122 Å². The summed E-state index contributed by atoms with van der Waals surface area (Å²) in [7, 11) is 0. The summed E-state index contributed by atoms with van der Waals surface area (Å²) in [5, 5.41) is 7.10. The van der Waals surface area contributed by atoms with Crippen molar-refractivity contribution in [2.24, 2.45) is 0 Å². The topological polar surface area (TPSA) is 57.4 Å². The molecule has 0 atom stereocenters. The summed E-state index contributed by atoms with van der Waals surface area (Å²) in [5.74, 6) is 0. The Bertz CT molecular complexity index is 981. The van der Waals surface area contributed by atoms with E-state index in [1.807, 2.05) is 0 Å². The highest BCUT2D eigenvalue weighted by atomic mass is 19.4. The van der Waals surface area contributed by atoms with E-state index >= 15 is 0 Å². The van der Waals surface area contributed by atoms with Crippen molar-refractivity contribution in [3.05, 3.63) is 48.4 Å². The smallest absolute Gasteiger partial charge is 0.345 e. The van der Waals surface area contributed by atoms with Crippen LogP contribution in [0.2, 0.25) is 0 Å². The molecule has 0 bridgehead atoms. The number of imidazole rings is 1. The Morgan fingerprint density at radius 2 is 1.86 bits per heavy atom. The van der Waals surface area contributed by atoms with Gasteiger partial charge >= 0.3 is 6.18 Å². The van der Waals surface area contributed by atoms with Gasteiger partial charge in [0.2, 0.25) is 0 Å². The average Bonchev–Trinajstić information content (AvgIpc) is 3.13. The van der Waals surface area contributed by atoms with Crippen LogP contribution in [0.5, 0.6) is 0 Å². The Kier molecular flexibility index (Phi) is 2.53. The van der Waals surface area contributed by atoms with Crippen molar-refractivity contribution < 1.29 is 13.2 Å². The van der Waals surface area contributed by atoms with Gasteiger partial charge in [0, 0.05) is 5.39 Å². The fourth-order valence-corrected chi connectivity index (χ4v) is 2.56. The minimum atomic E-state index is -4.41. The molecule has 2 aromatic carbocycles. The average molecular weight is 302 g/mol. The summed E-state index contributed by atoms with van der Waals surface area (Å²) in [6, 6.07) is 7.53. The Balaban J connectivity index is 2.01. The number of aromatic nitrogens is 4. The van der Waals surface area contributed by atoms with E-state index in [0.29, 0.717) is 22.0 Å². The lowest BCUT2D eigenvalue weighted by atomic mass is 9.98. The highest BCUT2D eigenvalue weighted by Crippen LogP contribution is 2.37. The second kappa shape index (κ2) is 4.33. The van der Waals surface area contributed by atoms with Gasteiger partial charge in [-0.3, -0.25) is 5.10 Å². The molecule has 0 radical (unpaired) electrons. The lowest BCUT2D eigenvalue weighted by molar-refractivity contribution is -0.137.